The van der Waals surface area contributed by atoms with E-state index in [9.17, 15) is 14.4 Å². The van der Waals surface area contributed by atoms with E-state index in [4.69, 9.17) is 9.47 Å². The molecule has 2 rings (SSSR count). The van der Waals surface area contributed by atoms with E-state index in [2.05, 4.69) is 10.6 Å². The average molecular weight is 370 g/mol. The van der Waals surface area contributed by atoms with Crippen molar-refractivity contribution in [3.8, 4) is 5.75 Å². The summed E-state index contributed by atoms with van der Waals surface area (Å²) in [5.41, 5.74) is 2.86. The van der Waals surface area contributed by atoms with E-state index in [0.29, 0.717) is 5.75 Å². The normalized spacial score (nSPS) is 10.0. The van der Waals surface area contributed by atoms with Crippen molar-refractivity contribution in [2.75, 3.05) is 25.6 Å². The zero-order valence-corrected chi connectivity index (χ0v) is 15.5. The van der Waals surface area contributed by atoms with E-state index in [1.54, 1.807) is 18.2 Å². The molecule has 0 radical (unpaired) electrons. The van der Waals surface area contributed by atoms with E-state index in [-0.39, 0.29) is 18.0 Å². The second-order valence-corrected chi connectivity index (χ2v) is 5.90. The standard InChI is InChI=1S/C20H22N2O5/c1-13-6-4-7-14(2)19(13)22-17(23)11-21-18(24)12-27-20(25)15-8-5-9-16(10-15)26-3/h4-10H,11-12H2,1-3H3,(H,21,24)(H,22,23). The number of ether oxygens (including phenoxy) is 2. The Hall–Kier alpha value is -3.35. The van der Waals surface area contributed by atoms with Gasteiger partial charge in [0.25, 0.3) is 5.91 Å². The largest absolute Gasteiger partial charge is 0.497 e. The summed E-state index contributed by atoms with van der Waals surface area (Å²) in [6.07, 6.45) is 0. The monoisotopic (exact) mass is 370 g/mol. The fraction of sp³-hybridized carbons (Fsp3) is 0.250. The summed E-state index contributed by atoms with van der Waals surface area (Å²) in [7, 11) is 1.49. The van der Waals surface area contributed by atoms with Gasteiger partial charge >= 0.3 is 5.97 Å². The average Bonchev–Trinajstić information content (AvgIpc) is 2.67. The van der Waals surface area contributed by atoms with Crippen LogP contribution in [0.2, 0.25) is 0 Å². The first kappa shape index (κ1) is 20.0. The highest BCUT2D eigenvalue weighted by molar-refractivity contribution is 5.96. The van der Waals surface area contributed by atoms with Gasteiger partial charge in [0.05, 0.1) is 19.2 Å². The molecule has 7 nitrogen and oxygen atoms in total. The second kappa shape index (κ2) is 9.38. The van der Waals surface area contributed by atoms with Crippen molar-refractivity contribution in [2.45, 2.75) is 13.8 Å². The van der Waals surface area contributed by atoms with E-state index < -0.39 is 18.5 Å². The minimum atomic E-state index is -0.649. The topological polar surface area (TPSA) is 93.7 Å². The molecule has 0 aromatic heterocycles. The molecule has 0 spiro atoms. The number of methoxy groups -OCH3 is 1. The van der Waals surface area contributed by atoms with Crippen LogP contribution in [0.5, 0.6) is 5.75 Å². The number of benzene rings is 2. The van der Waals surface area contributed by atoms with Crippen molar-refractivity contribution in [3.63, 3.8) is 0 Å². The number of carbonyl (C=O) groups excluding carboxylic acids is 3. The summed E-state index contributed by atoms with van der Waals surface area (Å²) >= 11 is 0. The van der Waals surface area contributed by atoms with Gasteiger partial charge in [-0.05, 0) is 43.2 Å². The Bertz CT molecular complexity index is 828. The Balaban J connectivity index is 1.78. The fourth-order valence-electron chi connectivity index (χ4n) is 2.39. The third kappa shape index (κ3) is 5.85. The molecule has 0 atom stereocenters. The van der Waals surface area contributed by atoms with Crippen LogP contribution in [0.1, 0.15) is 21.5 Å². The number of esters is 1. The Morgan fingerprint density at radius 3 is 2.30 bits per heavy atom. The quantitative estimate of drug-likeness (QED) is 0.729. The predicted octanol–water partition coefficient (Wildman–Crippen LogP) is 2.22. The van der Waals surface area contributed by atoms with Crippen molar-refractivity contribution >= 4 is 23.5 Å². The molecule has 27 heavy (non-hydrogen) atoms. The molecule has 2 aromatic rings. The summed E-state index contributed by atoms with van der Waals surface area (Å²) < 4.78 is 9.97. The molecule has 0 fully saturated rings. The lowest BCUT2D eigenvalue weighted by molar-refractivity contribution is -0.126. The molecule has 0 aliphatic heterocycles. The smallest absolute Gasteiger partial charge is 0.338 e. The van der Waals surface area contributed by atoms with Gasteiger partial charge in [0, 0.05) is 5.69 Å². The summed E-state index contributed by atoms with van der Waals surface area (Å²) in [4.78, 5) is 35.7. The van der Waals surface area contributed by atoms with Crippen molar-refractivity contribution < 1.29 is 23.9 Å². The van der Waals surface area contributed by atoms with Crippen molar-refractivity contribution in [1.29, 1.82) is 0 Å². The summed E-state index contributed by atoms with van der Waals surface area (Å²) in [5.74, 6) is -1.07. The van der Waals surface area contributed by atoms with Crippen LogP contribution in [0.25, 0.3) is 0 Å². The Kier molecular flexibility index (Phi) is 6.93. The predicted molar refractivity (Wildman–Crippen MR) is 101 cm³/mol. The Morgan fingerprint density at radius 1 is 0.963 bits per heavy atom. The number of carbonyl (C=O) groups is 3. The van der Waals surface area contributed by atoms with Gasteiger partial charge in [0.15, 0.2) is 6.61 Å². The third-order valence-corrected chi connectivity index (χ3v) is 3.83. The molecular weight excluding hydrogens is 348 g/mol. The Morgan fingerprint density at radius 2 is 1.63 bits per heavy atom. The summed E-state index contributed by atoms with van der Waals surface area (Å²) in [6, 6.07) is 12.1. The lowest BCUT2D eigenvalue weighted by Crippen LogP contribution is -2.35. The molecule has 2 N–H and O–H groups in total. The maximum absolute atomic E-state index is 12.0. The summed E-state index contributed by atoms with van der Waals surface area (Å²) in [5, 5.41) is 5.18. The fourth-order valence-corrected chi connectivity index (χ4v) is 2.39. The number of rotatable bonds is 7. The van der Waals surface area contributed by atoms with Crippen LogP contribution in [0, 0.1) is 13.8 Å². The molecule has 0 bridgehead atoms. The lowest BCUT2D eigenvalue weighted by Gasteiger charge is -2.12. The Labute approximate surface area is 157 Å². The first-order valence-corrected chi connectivity index (χ1v) is 8.34. The lowest BCUT2D eigenvalue weighted by atomic mass is 10.1. The van der Waals surface area contributed by atoms with E-state index in [0.717, 1.165) is 16.8 Å². The van der Waals surface area contributed by atoms with Crippen LogP contribution in [0.3, 0.4) is 0 Å². The van der Waals surface area contributed by atoms with Gasteiger partial charge in [-0.1, -0.05) is 24.3 Å². The number of hydrogen-bond donors (Lipinski definition) is 2. The molecule has 2 aromatic carbocycles. The molecular formula is C20H22N2O5. The van der Waals surface area contributed by atoms with E-state index in [1.165, 1.54) is 13.2 Å². The van der Waals surface area contributed by atoms with Gasteiger partial charge < -0.3 is 20.1 Å². The number of para-hydroxylation sites is 1. The highest BCUT2D eigenvalue weighted by Crippen LogP contribution is 2.19. The first-order chi connectivity index (χ1) is 12.9. The molecule has 0 saturated heterocycles. The van der Waals surface area contributed by atoms with Crippen molar-refractivity contribution in [1.82, 2.24) is 5.32 Å². The van der Waals surface area contributed by atoms with Gasteiger partial charge in [-0.3, -0.25) is 9.59 Å². The van der Waals surface area contributed by atoms with Crippen LogP contribution >= 0.6 is 0 Å². The minimum Gasteiger partial charge on any atom is -0.497 e. The van der Waals surface area contributed by atoms with E-state index in [1.807, 2.05) is 32.0 Å². The van der Waals surface area contributed by atoms with Crippen molar-refractivity contribution in [2.24, 2.45) is 0 Å². The third-order valence-electron chi connectivity index (χ3n) is 3.83. The number of aryl methyl sites for hydroxylation is 2. The van der Waals surface area contributed by atoms with Crippen LogP contribution in [0.4, 0.5) is 5.69 Å². The van der Waals surface area contributed by atoms with Crippen molar-refractivity contribution in [3.05, 3.63) is 59.2 Å². The van der Waals surface area contributed by atoms with Gasteiger partial charge in [-0.15, -0.1) is 0 Å². The van der Waals surface area contributed by atoms with Gasteiger partial charge in [0.1, 0.15) is 5.75 Å². The number of hydrogen-bond acceptors (Lipinski definition) is 5. The maximum Gasteiger partial charge on any atom is 0.338 e. The molecule has 0 unspecified atom stereocenters. The number of amides is 2. The SMILES string of the molecule is COc1cccc(C(=O)OCC(=O)NCC(=O)Nc2c(C)cccc2C)c1. The number of nitrogens with one attached hydrogen (secondary N) is 2. The van der Waals surface area contributed by atoms with Gasteiger partial charge in [-0.2, -0.15) is 0 Å². The van der Waals surface area contributed by atoms with Gasteiger partial charge in [0.2, 0.25) is 5.91 Å². The van der Waals surface area contributed by atoms with Crippen LogP contribution in [0.15, 0.2) is 42.5 Å². The molecule has 7 heteroatoms. The second-order valence-electron chi connectivity index (χ2n) is 5.90. The first-order valence-electron chi connectivity index (χ1n) is 8.34. The minimum absolute atomic E-state index is 0.219. The highest BCUT2D eigenvalue weighted by atomic mass is 16.5. The van der Waals surface area contributed by atoms with Crippen LogP contribution < -0.4 is 15.4 Å². The van der Waals surface area contributed by atoms with E-state index >= 15 is 0 Å². The zero-order chi connectivity index (χ0) is 19.8. The van der Waals surface area contributed by atoms with Gasteiger partial charge in [-0.25, -0.2) is 4.79 Å². The molecule has 0 aliphatic carbocycles. The molecule has 0 saturated carbocycles. The zero-order valence-electron chi connectivity index (χ0n) is 15.5. The van der Waals surface area contributed by atoms with Crippen LogP contribution in [-0.2, 0) is 14.3 Å². The molecule has 142 valence electrons. The highest BCUT2D eigenvalue weighted by Gasteiger charge is 2.12. The summed E-state index contributed by atoms with van der Waals surface area (Å²) in [6.45, 7) is 3.08. The van der Waals surface area contributed by atoms with Crippen LogP contribution in [-0.4, -0.2) is 38.0 Å². The maximum atomic E-state index is 12.0. The molecule has 0 heterocycles. The molecule has 0 aliphatic rings. The number of anilines is 1. The molecule has 2 amide bonds.